The van der Waals surface area contributed by atoms with Crippen LogP contribution in [-0.2, 0) is 22.6 Å². The molecule has 38 heavy (non-hydrogen) atoms. The summed E-state index contributed by atoms with van der Waals surface area (Å²) in [5, 5.41) is 2.87. The number of hydrogen-bond donors (Lipinski definition) is 1. The fraction of sp³-hybridized carbons (Fsp3) is 0.542. The van der Waals surface area contributed by atoms with Crippen LogP contribution in [0.3, 0.4) is 0 Å². The Morgan fingerprint density at radius 3 is 2.45 bits per heavy atom. The van der Waals surface area contributed by atoms with Gasteiger partial charge in [-0.25, -0.2) is 23.1 Å². The molecule has 3 heterocycles. The monoisotopic (exact) mass is 565 g/mol. The molecule has 0 saturated carbocycles. The minimum absolute atomic E-state index is 0.00108. The number of hydrogen-bond acceptors (Lipinski definition) is 6. The molecule has 1 saturated heterocycles. The molecular weight excluding hydrogens is 540 g/mol. The maximum Gasteiger partial charge on any atom is 0.401 e. The Kier molecular flexibility index (Phi) is 8.10. The summed E-state index contributed by atoms with van der Waals surface area (Å²) in [6, 6.07) is 2.94. The molecule has 1 atom stereocenters. The van der Waals surface area contributed by atoms with Crippen LogP contribution in [0.25, 0.3) is 0 Å². The van der Waals surface area contributed by atoms with Crippen LogP contribution in [0.15, 0.2) is 18.2 Å². The predicted molar refractivity (Wildman–Crippen MR) is 126 cm³/mol. The molecule has 1 aromatic heterocycles. The van der Waals surface area contributed by atoms with E-state index in [1.807, 2.05) is 0 Å². The summed E-state index contributed by atoms with van der Waals surface area (Å²) in [4.78, 5) is 24.6. The first-order valence-corrected chi connectivity index (χ1v) is 12.2. The Bertz CT molecular complexity index is 1190. The molecule has 14 heteroatoms. The summed E-state index contributed by atoms with van der Waals surface area (Å²) in [6.07, 6.45) is -7.15. The van der Waals surface area contributed by atoms with Crippen LogP contribution in [-0.4, -0.2) is 64.2 Å². The van der Waals surface area contributed by atoms with Crippen molar-refractivity contribution in [3.05, 3.63) is 51.7 Å². The number of fused-ring (bicyclic) bond motifs is 1. The van der Waals surface area contributed by atoms with Gasteiger partial charge in [0.15, 0.2) is 0 Å². The molecule has 2 aliphatic heterocycles. The van der Waals surface area contributed by atoms with Gasteiger partial charge in [0.2, 0.25) is 5.28 Å². The molecule has 0 radical (unpaired) electrons. The van der Waals surface area contributed by atoms with Gasteiger partial charge >= 0.3 is 6.18 Å². The number of benzene rings is 1. The van der Waals surface area contributed by atoms with E-state index >= 15 is 0 Å². The van der Waals surface area contributed by atoms with Crippen molar-refractivity contribution in [2.24, 2.45) is 0 Å². The Morgan fingerprint density at radius 2 is 1.84 bits per heavy atom. The van der Waals surface area contributed by atoms with Crippen LogP contribution < -0.4 is 5.32 Å². The summed E-state index contributed by atoms with van der Waals surface area (Å²) in [6.45, 7) is 0.711. The molecule has 0 aliphatic carbocycles. The smallest absolute Gasteiger partial charge is 0.368 e. The number of amides is 1. The van der Waals surface area contributed by atoms with Crippen molar-refractivity contribution in [2.75, 3.05) is 32.1 Å². The lowest BCUT2D eigenvalue weighted by atomic mass is 9.89. The quantitative estimate of drug-likeness (QED) is 0.365. The Hall–Kier alpha value is -2.64. The summed E-state index contributed by atoms with van der Waals surface area (Å²) in [5.41, 5.74) is -1.05. The first-order valence-electron chi connectivity index (χ1n) is 11.9. The topological polar surface area (TPSA) is 70.6 Å². The number of alkyl halides is 5. The van der Waals surface area contributed by atoms with E-state index in [0.29, 0.717) is 11.3 Å². The second-order valence-corrected chi connectivity index (χ2v) is 9.77. The number of halogens is 7. The molecule has 1 N–H and O–H groups in total. The molecule has 1 aromatic carbocycles. The van der Waals surface area contributed by atoms with E-state index in [1.165, 1.54) is 29.0 Å². The standard InChI is InChI=1S/C24H26ClF6N5O2/c1-13(14-4-3-5-15(18(14)26)19(27)28)32-20-16-10-36(11-17(16)33-22(25)34-20)21(37)23(38-2)6-8-35(9-7-23)12-24(29,30)31/h3-5,13,19H,6-12H2,1-2H3,(H,32,33,34)/t13-/m1/s1. The van der Waals surface area contributed by atoms with Crippen molar-refractivity contribution < 1.29 is 35.9 Å². The number of methoxy groups -OCH3 is 1. The Balaban J connectivity index is 1.51. The van der Waals surface area contributed by atoms with Crippen molar-refractivity contribution in [2.45, 2.75) is 57.1 Å². The minimum atomic E-state index is -4.34. The SMILES string of the molecule is COC1(C(=O)N2Cc3nc(Cl)nc(N[C@H](C)c4cccc(C(F)F)c4F)c3C2)CCN(CC(F)(F)F)CC1. The second kappa shape index (κ2) is 10.9. The molecule has 1 amide bonds. The highest BCUT2D eigenvalue weighted by atomic mass is 35.5. The van der Waals surface area contributed by atoms with Gasteiger partial charge in [0.1, 0.15) is 17.2 Å². The molecule has 2 aliphatic rings. The third-order valence-corrected chi connectivity index (χ3v) is 7.17. The predicted octanol–water partition coefficient (Wildman–Crippen LogP) is 5.27. The van der Waals surface area contributed by atoms with Crippen LogP contribution >= 0.6 is 11.6 Å². The van der Waals surface area contributed by atoms with Crippen LogP contribution in [0.1, 0.15) is 54.6 Å². The zero-order valence-electron chi connectivity index (χ0n) is 20.6. The van der Waals surface area contributed by atoms with Gasteiger partial charge in [0.05, 0.1) is 36.9 Å². The molecular formula is C24H26ClF6N5O2. The van der Waals surface area contributed by atoms with E-state index in [2.05, 4.69) is 15.3 Å². The number of rotatable bonds is 7. The molecule has 0 unspecified atom stereocenters. The van der Waals surface area contributed by atoms with Crippen LogP contribution in [0.4, 0.5) is 32.2 Å². The van der Waals surface area contributed by atoms with Gasteiger partial charge in [-0.15, -0.1) is 0 Å². The Labute approximate surface area is 220 Å². The maximum absolute atomic E-state index is 14.7. The van der Waals surface area contributed by atoms with Crippen molar-refractivity contribution >= 4 is 23.3 Å². The highest BCUT2D eigenvalue weighted by molar-refractivity contribution is 6.28. The van der Waals surface area contributed by atoms with E-state index in [4.69, 9.17) is 16.3 Å². The lowest BCUT2D eigenvalue weighted by Gasteiger charge is -2.41. The third kappa shape index (κ3) is 5.84. The van der Waals surface area contributed by atoms with Gasteiger partial charge in [-0.05, 0) is 31.4 Å². The third-order valence-electron chi connectivity index (χ3n) is 7.00. The van der Waals surface area contributed by atoms with Gasteiger partial charge in [-0.2, -0.15) is 13.2 Å². The van der Waals surface area contributed by atoms with E-state index in [-0.39, 0.29) is 55.7 Å². The fourth-order valence-corrected chi connectivity index (χ4v) is 5.15. The lowest BCUT2D eigenvalue weighted by Crippen LogP contribution is -2.56. The minimum Gasteiger partial charge on any atom is -0.368 e. The molecule has 208 valence electrons. The lowest BCUT2D eigenvalue weighted by molar-refractivity contribution is -0.170. The van der Waals surface area contributed by atoms with Gasteiger partial charge in [0.25, 0.3) is 12.3 Å². The summed E-state index contributed by atoms with van der Waals surface area (Å²) in [5.74, 6) is -1.21. The van der Waals surface area contributed by atoms with Crippen molar-refractivity contribution in [3.8, 4) is 0 Å². The van der Waals surface area contributed by atoms with E-state index in [1.54, 1.807) is 6.92 Å². The first kappa shape index (κ1) is 28.4. The summed E-state index contributed by atoms with van der Waals surface area (Å²) >= 11 is 6.09. The average molecular weight is 566 g/mol. The highest BCUT2D eigenvalue weighted by Gasteiger charge is 2.47. The second-order valence-electron chi connectivity index (χ2n) is 9.43. The molecule has 1 fully saturated rings. The summed E-state index contributed by atoms with van der Waals surface area (Å²) in [7, 11) is 1.36. The molecule has 2 aromatic rings. The highest BCUT2D eigenvalue weighted by Crippen LogP contribution is 2.36. The number of carbonyl (C=O) groups excluding carboxylic acids is 1. The van der Waals surface area contributed by atoms with Crippen LogP contribution in [0.5, 0.6) is 0 Å². The van der Waals surface area contributed by atoms with Gasteiger partial charge < -0.3 is 15.0 Å². The van der Waals surface area contributed by atoms with Gasteiger partial charge in [-0.1, -0.05) is 18.2 Å². The zero-order chi connectivity index (χ0) is 27.8. The molecule has 7 nitrogen and oxygen atoms in total. The van der Waals surface area contributed by atoms with Crippen molar-refractivity contribution in [3.63, 3.8) is 0 Å². The zero-order valence-corrected chi connectivity index (χ0v) is 21.3. The van der Waals surface area contributed by atoms with E-state index in [9.17, 15) is 31.1 Å². The number of likely N-dealkylation sites (tertiary alicyclic amines) is 1. The number of nitrogens with zero attached hydrogens (tertiary/aromatic N) is 4. The maximum atomic E-state index is 14.7. The van der Waals surface area contributed by atoms with E-state index in [0.717, 1.165) is 6.07 Å². The fourth-order valence-electron chi connectivity index (χ4n) is 4.96. The molecule has 4 rings (SSSR count). The number of piperidine rings is 1. The molecule has 0 bridgehead atoms. The first-order chi connectivity index (χ1) is 17.8. The number of carbonyl (C=O) groups is 1. The summed E-state index contributed by atoms with van der Waals surface area (Å²) < 4.78 is 84.9. The van der Waals surface area contributed by atoms with E-state index < -0.39 is 48.1 Å². The van der Waals surface area contributed by atoms with Crippen molar-refractivity contribution in [1.82, 2.24) is 19.8 Å². The van der Waals surface area contributed by atoms with Crippen LogP contribution in [0, 0.1) is 5.82 Å². The number of nitrogens with one attached hydrogen (secondary N) is 1. The van der Waals surface area contributed by atoms with Gasteiger partial charge in [-0.3, -0.25) is 9.69 Å². The largest absolute Gasteiger partial charge is 0.401 e. The van der Waals surface area contributed by atoms with Crippen molar-refractivity contribution in [1.29, 1.82) is 0 Å². The average Bonchev–Trinajstić information content (AvgIpc) is 3.27. The number of aromatic nitrogens is 2. The van der Waals surface area contributed by atoms with Gasteiger partial charge in [0, 0.05) is 31.3 Å². The number of anilines is 1. The van der Waals surface area contributed by atoms with Crippen LogP contribution in [0.2, 0.25) is 5.28 Å². The Morgan fingerprint density at radius 1 is 1.18 bits per heavy atom. The normalized spacial score (nSPS) is 18.5. The molecule has 0 spiro atoms. The number of ether oxygens (including phenoxy) is 1.